The third kappa shape index (κ3) is 3.54. The van der Waals surface area contributed by atoms with E-state index >= 15 is 0 Å². The zero-order valence-electron chi connectivity index (χ0n) is 10.8. The first kappa shape index (κ1) is 13.1. The van der Waals surface area contributed by atoms with Crippen molar-refractivity contribution in [1.29, 1.82) is 0 Å². The number of anilines is 1. The number of amides is 1. The van der Waals surface area contributed by atoms with Crippen LogP contribution in [0.2, 0.25) is 0 Å². The van der Waals surface area contributed by atoms with Crippen molar-refractivity contribution >= 4 is 11.9 Å². The smallest absolute Gasteiger partial charge is 0.271 e. The Morgan fingerprint density at radius 3 is 3.00 bits per heavy atom. The molecule has 0 aliphatic heterocycles. The number of hydrogen-bond acceptors (Lipinski definition) is 4. The zero-order chi connectivity index (χ0) is 13.5. The van der Waals surface area contributed by atoms with Gasteiger partial charge in [-0.25, -0.2) is 4.98 Å². The molecule has 0 aromatic carbocycles. The Morgan fingerprint density at radius 2 is 2.37 bits per heavy atom. The van der Waals surface area contributed by atoms with Crippen LogP contribution in [-0.2, 0) is 0 Å². The van der Waals surface area contributed by atoms with Gasteiger partial charge in [-0.15, -0.1) is 0 Å². The summed E-state index contributed by atoms with van der Waals surface area (Å²) in [7, 11) is 0. The summed E-state index contributed by atoms with van der Waals surface area (Å²) in [5.74, 6) is 0.436. The second-order valence-corrected chi connectivity index (χ2v) is 4.10. The van der Waals surface area contributed by atoms with Gasteiger partial charge in [-0.05, 0) is 18.6 Å². The van der Waals surface area contributed by atoms with Crippen LogP contribution in [0.15, 0.2) is 36.9 Å². The fraction of sp³-hybridized carbons (Fsp3) is 0.308. The maximum Gasteiger partial charge on any atom is 0.271 e. The predicted molar refractivity (Wildman–Crippen MR) is 72.5 cm³/mol. The fourth-order valence-corrected chi connectivity index (χ4v) is 1.62. The summed E-state index contributed by atoms with van der Waals surface area (Å²) in [6.45, 7) is 2.80. The lowest BCUT2D eigenvalue weighted by atomic mass is 10.3. The minimum absolute atomic E-state index is 0.194. The summed E-state index contributed by atoms with van der Waals surface area (Å²) in [4.78, 5) is 23.2. The van der Waals surface area contributed by atoms with Gasteiger partial charge in [-0.3, -0.25) is 20.2 Å². The van der Waals surface area contributed by atoms with Crippen LogP contribution in [0.1, 0.15) is 30.1 Å². The summed E-state index contributed by atoms with van der Waals surface area (Å²) in [5.41, 5.74) is 3.35. The number of hydrazine groups is 1. The lowest BCUT2D eigenvalue weighted by Crippen LogP contribution is -2.43. The van der Waals surface area contributed by atoms with Gasteiger partial charge < -0.3 is 4.98 Å². The average Bonchev–Trinajstić information content (AvgIpc) is 2.98. The normalized spacial score (nSPS) is 10.2. The molecule has 6 nitrogen and oxygen atoms in total. The molecular formula is C13H17N5O. The van der Waals surface area contributed by atoms with Gasteiger partial charge in [0.15, 0.2) is 0 Å². The molecule has 19 heavy (non-hydrogen) atoms. The highest BCUT2D eigenvalue weighted by molar-refractivity contribution is 5.94. The van der Waals surface area contributed by atoms with Crippen LogP contribution in [0.3, 0.4) is 0 Å². The Balaban J connectivity index is 2.06. The van der Waals surface area contributed by atoms with Crippen molar-refractivity contribution < 1.29 is 4.79 Å². The number of imidazole rings is 1. The summed E-state index contributed by atoms with van der Waals surface area (Å²) in [5, 5.41) is 1.72. The molecule has 0 aliphatic carbocycles. The van der Waals surface area contributed by atoms with E-state index in [2.05, 4.69) is 27.3 Å². The topological polar surface area (TPSA) is 73.9 Å². The van der Waals surface area contributed by atoms with Gasteiger partial charge in [0.05, 0.1) is 5.56 Å². The van der Waals surface area contributed by atoms with Crippen LogP contribution in [0.25, 0.3) is 0 Å². The maximum absolute atomic E-state index is 12.1. The number of aromatic amines is 1. The monoisotopic (exact) mass is 259 g/mol. The molecule has 2 aromatic rings. The summed E-state index contributed by atoms with van der Waals surface area (Å²) >= 11 is 0. The van der Waals surface area contributed by atoms with Gasteiger partial charge in [0, 0.05) is 31.3 Å². The highest BCUT2D eigenvalue weighted by Crippen LogP contribution is 2.06. The molecule has 2 rings (SSSR count). The Labute approximate surface area is 111 Å². The fourth-order valence-electron chi connectivity index (χ4n) is 1.62. The summed E-state index contributed by atoms with van der Waals surface area (Å²) in [6.07, 6.45) is 8.57. The molecule has 1 amide bonds. The number of nitrogens with one attached hydrogen (secondary N) is 2. The quantitative estimate of drug-likeness (QED) is 0.775. The van der Waals surface area contributed by atoms with E-state index in [0.29, 0.717) is 18.1 Å². The number of aromatic nitrogens is 3. The highest BCUT2D eigenvalue weighted by Gasteiger charge is 2.13. The summed E-state index contributed by atoms with van der Waals surface area (Å²) < 4.78 is 0. The molecule has 0 unspecified atom stereocenters. The third-order valence-electron chi connectivity index (χ3n) is 2.63. The Morgan fingerprint density at radius 1 is 1.47 bits per heavy atom. The van der Waals surface area contributed by atoms with Gasteiger partial charge in [-0.1, -0.05) is 13.3 Å². The van der Waals surface area contributed by atoms with Crippen molar-refractivity contribution in [3.05, 3.63) is 42.5 Å². The van der Waals surface area contributed by atoms with Crippen LogP contribution in [0, 0.1) is 0 Å². The molecule has 0 saturated heterocycles. The van der Waals surface area contributed by atoms with Crippen molar-refractivity contribution in [2.75, 3.05) is 11.6 Å². The van der Waals surface area contributed by atoms with E-state index in [1.807, 2.05) is 0 Å². The minimum Gasteiger partial charge on any atom is -0.330 e. The van der Waals surface area contributed by atoms with Crippen molar-refractivity contribution in [2.24, 2.45) is 0 Å². The summed E-state index contributed by atoms with van der Waals surface area (Å²) in [6, 6.07) is 3.46. The van der Waals surface area contributed by atoms with E-state index in [4.69, 9.17) is 0 Å². The van der Waals surface area contributed by atoms with E-state index in [-0.39, 0.29) is 5.91 Å². The largest absolute Gasteiger partial charge is 0.330 e. The Kier molecular flexibility index (Phi) is 4.49. The number of carbonyl (C=O) groups excluding carboxylic acids is 1. The van der Waals surface area contributed by atoms with Crippen LogP contribution >= 0.6 is 0 Å². The number of carbonyl (C=O) groups is 1. The number of H-pyrrole nitrogens is 1. The maximum atomic E-state index is 12.1. The van der Waals surface area contributed by atoms with Gasteiger partial charge in [0.2, 0.25) is 5.95 Å². The molecule has 0 spiro atoms. The number of pyridine rings is 1. The second kappa shape index (κ2) is 6.53. The van der Waals surface area contributed by atoms with Gasteiger partial charge in [-0.2, -0.15) is 0 Å². The van der Waals surface area contributed by atoms with E-state index in [0.717, 1.165) is 12.8 Å². The standard InChI is InChI=1S/C13H17N5O/c1-2-3-9-18(13-15-7-8-16-13)17-12(19)11-5-4-6-14-10-11/h4-8,10H,2-3,9H2,1H3,(H,15,16)(H,17,19). The first-order chi connectivity index (χ1) is 9.31. The SMILES string of the molecule is CCCCN(NC(=O)c1cccnc1)c1ncc[nH]1. The van der Waals surface area contributed by atoms with E-state index in [9.17, 15) is 4.79 Å². The number of nitrogens with zero attached hydrogens (tertiary/aromatic N) is 3. The molecule has 0 bridgehead atoms. The van der Waals surface area contributed by atoms with E-state index < -0.39 is 0 Å². The first-order valence-corrected chi connectivity index (χ1v) is 6.29. The zero-order valence-corrected chi connectivity index (χ0v) is 10.8. The van der Waals surface area contributed by atoms with Crippen molar-refractivity contribution in [3.63, 3.8) is 0 Å². The van der Waals surface area contributed by atoms with Crippen molar-refractivity contribution in [2.45, 2.75) is 19.8 Å². The van der Waals surface area contributed by atoms with E-state index in [1.54, 1.807) is 35.7 Å². The molecule has 0 atom stereocenters. The van der Waals surface area contributed by atoms with Crippen LogP contribution < -0.4 is 10.4 Å². The van der Waals surface area contributed by atoms with Gasteiger partial charge in [0.25, 0.3) is 5.91 Å². The molecule has 0 aliphatic rings. The Bertz CT molecular complexity index is 497. The average molecular weight is 259 g/mol. The minimum atomic E-state index is -0.194. The van der Waals surface area contributed by atoms with Crippen LogP contribution in [0.5, 0.6) is 0 Å². The highest BCUT2D eigenvalue weighted by atomic mass is 16.2. The number of hydrogen-bond donors (Lipinski definition) is 2. The molecular weight excluding hydrogens is 242 g/mol. The molecule has 0 saturated carbocycles. The second-order valence-electron chi connectivity index (χ2n) is 4.10. The molecule has 0 radical (unpaired) electrons. The van der Waals surface area contributed by atoms with Crippen LogP contribution in [0.4, 0.5) is 5.95 Å². The molecule has 6 heteroatoms. The Hall–Kier alpha value is -2.37. The lowest BCUT2D eigenvalue weighted by molar-refractivity contribution is 0.0947. The molecule has 2 aromatic heterocycles. The molecule has 0 fully saturated rings. The molecule has 2 N–H and O–H groups in total. The van der Waals surface area contributed by atoms with Crippen molar-refractivity contribution in [1.82, 2.24) is 20.4 Å². The van der Waals surface area contributed by atoms with Crippen LogP contribution in [-0.4, -0.2) is 27.4 Å². The molecule has 100 valence electrons. The van der Waals surface area contributed by atoms with Gasteiger partial charge in [0.1, 0.15) is 0 Å². The molecule has 2 heterocycles. The lowest BCUT2D eigenvalue weighted by Gasteiger charge is -2.22. The van der Waals surface area contributed by atoms with Crippen molar-refractivity contribution in [3.8, 4) is 0 Å². The predicted octanol–water partition coefficient (Wildman–Crippen LogP) is 1.76. The number of unbranched alkanes of at least 4 members (excludes halogenated alkanes) is 1. The van der Waals surface area contributed by atoms with Gasteiger partial charge >= 0.3 is 0 Å². The van der Waals surface area contributed by atoms with E-state index in [1.165, 1.54) is 6.20 Å². The first-order valence-electron chi connectivity index (χ1n) is 6.29. The third-order valence-corrected chi connectivity index (χ3v) is 2.63. The number of rotatable bonds is 6.